The molecule has 2 saturated heterocycles. The molecule has 0 radical (unpaired) electrons. The fourth-order valence-corrected chi connectivity index (χ4v) is 13.3. The van der Waals surface area contributed by atoms with E-state index < -0.39 is 70.3 Å². The monoisotopic (exact) mass is 762 g/mol. The van der Waals surface area contributed by atoms with Crippen molar-refractivity contribution in [2.75, 3.05) is 19.7 Å². The summed E-state index contributed by atoms with van der Waals surface area (Å²) in [7, 11) is 0. The Bertz CT molecular complexity index is 1330. The number of nitrogens with two attached hydrogens (primary N) is 1. The molecule has 0 spiro atoms. The summed E-state index contributed by atoms with van der Waals surface area (Å²) in [5, 5.41) is 73.9. The van der Waals surface area contributed by atoms with Crippen molar-refractivity contribution in [3.63, 3.8) is 0 Å². The van der Waals surface area contributed by atoms with Crippen LogP contribution in [-0.4, -0.2) is 110 Å². The van der Waals surface area contributed by atoms with E-state index in [1.54, 1.807) is 13.8 Å². The molecule has 0 amide bonds. The Labute approximate surface area is 324 Å². The Morgan fingerprint density at radius 2 is 1.81 bits per heavy atom. The smallest absolute Gasteiger partial charge is 0.180 e. The maximum atomic E-state index is 14.9. The predicted molar refractivity (Wildman–Crippen MR) is 208 cm³/mol. The van der Waals surface area contributed by atoms with Crippen LogP contribution in [-0.2, 0) is 9.53 Å². The van der Waals surface area contributed by atoms with Gasteiger partial charge in [-0.05, 0) is 120 Å². The predicted octanol–water partition coefficient (Wildman–Crippen LogP) is 3.87. The van der Waals surface area contributed by atoms with Crippen molar-refractivity contribution in [3.05, 3.63) is 0 Å². The molecule has 0 aromatic carbocycles. The highest BCUT2D eigenvalue weighted by Crippen LogP contribution is 2.70. The van der Waals surface area contributed by atoms with Crippen LogP contribution in [0, 0.1) is 52.3 Å². The summed E-state index contributed by atoms with van der Waals surface area (Å²) in [6.07, 6.45) is 8.18. The number of ether oxygens (including phenoxy) is 1. The highest BCUT2D eigenvalue weighted by molar-refractivity contribution is 6.42. The van der Waals surface area contributed by atoms with Gasteiger partial charge in [-0.1, -0.05) is 59.3 Å². The van der Waals surface area contributed by atoms with E-state index in [1.165, 1.54) is 19.3 Å². The van der Waals surface area contributed by atoms with Gasteiger partial charge >= 0.3 is 0 Å². The van der Waals surface area contributed by atoms with Gasteiger partial charge in [0.15, 0.2) is 5.78 Å². The first-order valence-corrected chi connectivity index (χ1v) is 21.9. The molecule has 4 aliphatic carbocycles. The van der Waals surface area contributed by atoms with Gasteiger partial charge in [-0.3, -0.25) is 9.79 Å². The van der Waals surface area contributed by atoms with Crippen LogP contribution in [0.25, 0.3) is 0 Å². The van der Waals surface area contributed by atoms with E-state index in [-0.39, 0.29) is 43.2 Å². The third-order valence-corrected chi connectivity index (χ3v) is 16.4. The molecule has 0 bridgehead atoms. The number of ketones is 1. The number of nitrogens with zero attached hydrogens (tertiary/aromatic N) is 1. The van der Waals surface area contributed by atoms with Crippen LogP contribution in [0.3, 0.4) is 0 Å². The van der Waals surface area contributed by atoms with E-state index in [9.17, 15) is 35.4 Å². The first kappa shape index (κ1) is 42.6. The van der Waals surface area contributed by atoms with Crippen molar-refractivity contribution in [1.29, 1.82) is 0 Å². The number of aliphatic hydroxyl groups is 6. The molecule has 9 N–H and O–H groups in total. The van der Waals surface area contributed by atoms with E-state index in [2.05, 4.69) is 19.2 Å². The fraction of sp³-hybridized carbons (Fsp3) is 0.953. The molecule has 6 rings (SSSR count). The number of carbonyl (C=O) groups is 1. The van der Waals surface area contributed by atoms with E-state index >= 15 is 0 Å². The zero-order valence-corrected chi connectivity index (χ0v) is 34.0. The molecule has 310 valence electrons. The number of piperidine rings is 1. The van der Waals surface area contributed by atoms with E-state index in [1.807, 2.05) is 6.92 Å². The summed E-state index contributed by atoms with van der Waals surface area (Å²) >= 11 is 0. The molecular formula is C43H75N3O8. The maximum Gasteiger partial charge on any atom is 0.180 e. The fourth-order valence-electron chi connectivity index (χ4n) is 13.3. The first-order chi connectivity index (χ1) is 25.5. The Kier molecular flexibility index (Phi) is 13.2. The lowest BCUT2D eigenvalue weighted by molar-refractivity contribution is -0.224. The molecule has 17 atom stereocenters. The van der Waals surface area contributed by atoms with Gasteiger partial charge in [0.2, 0.25) is 0 Å². The van der Waals surface area contributed by atoms with Gasteiger partial charge in [-0.25, -0.2) is 0 Å². The van der Waals surface area contributed by atoms with Gasteiger partial charge in [0.25, 0.3) is 0 Å². The van der Waals surface area contributed by atoms with Crippen LogP contribution in [0.1, 0.15) is 137 Å². The molecule has 2 aliphatic heterocycles. The number of aliphatic imine (C=N–C) groups is 1. The van der Waals surface area contributed by atoms with E-state index in [4.69, 9.17) is 15.5 Å². The zero-order chi connectivity index (χ0) is 39.2. The molecule has 17 unspecified atom stereocenters. The molecule has 54 heavy (non-hydrogen) atoms. The Morgan fingerprint density at radius 3 is 2.52 bits per heavy atom. The molecule has 0 aromatic heterocycles. The van der Waals surface area contributed by atoms with Crippen LogP contribution in [0.4, 0.5) is 0 Å². The number of nitrogens with one attached hydrogen (secondary N) is 1. The second-order valence-corrected chi connectivity index (χ2v) is 19.6. The lowest BCUT2D eigenvalue weighted by Gasteiger charge is -2.65. The van der Waals surface area contributed by atoms with Crippen LogP contribution in [0.15, 0.2) is 4.99 Å². The van der Waals surface area contributed by atoms with Crippen molar-refractivity contribution in [3.8, 4) is 0 Å². The van der Waals surface area contributed by atoms with E-state index in [0.717, 1.165) is 45.1 Å². The van der Waals surface area contributed by atoms with Gasteiger partial charge in [0, 0.05) is 17.3 Å². The maximum absolute atomic E-state index is 14.9. The molecule has 11 heteroatoms. The van der Waals surface area contributed by atoms with E-state index in [0.29, 0.717) is 56.3 Å². The minimum atomic E-state index is -1.57. The Morgan fingerprint density at radius 1 is 1.06 bits per heavy atom. The number of Topliss-reactive ketones (excluding diaryl/α,β-unsaturated/α-hetero) is 1. The number of hydrogen-bond acceptors (Lipinski definition) is 11. The molecule has 6 fully saturated rings. The first-order valence-electron chi connectivity index (χ1n) is 21.9. The molecule has 11 nitrogen and oxygen atoms in total. The van der Waals surface area contributed by atoms with Crippen molar-refractivity contribution in [1.82, 2.24) is 5.32 Å². The van der Waals surface area contributed by atoms with Gasteiger partial charge in [-0.2, -0.15) is 0 Å². The average Bonchev–Trinajstić information content (AvgIpc) is 3.62. The van der Waals surface area contributed by atoms with Crippen LogP contribution < -0.4 is 11.1 Å². The van der Waals surface area contributed by atoms with Gasteiger partial charge < -0.3 is 46.4 Å². The lowest BCUT2D eigenvalue weighted by Crippen LogP contribution is -2.70. The third kappa shape index (κ3) is 7.54. The summed E-state index contributed by atoms with van der Waals surface area (Å²) in [6, 6.07) is 0. The largest absolute Gasteiger partial charge is 0.391 e. The Hall–Kier alpha value is -1.02. The standard InChI is InChI=1S/C43H75N3O8/c1-6-7-8-9-12-28-24-54-38(26(28)3)39(51)41(5,52)33-14-18-43(53)35-29(13-17-40(33,43)4)42(16-10-11-27-15-19-45-34(44)20-27)22-32(49)31(48)21-30(42)37(50)36(35)46-23-25(2)47/h25-35,38-39,45,47-49,51-53H,6-24,44H2,1-5H3. The average molecular weight is 762 g/mol. The van der Waals surface area contributed by atoms with Crippen LogP contribution in [0.2, 0.25) is 0 Å². The summed E-state index contributed by atoms with van der Waals surface area (Å²) in [6.45, 7) is 11.2. The van der Waals surface area contributed by atoms with Gasteiger partial charge in [0.1, 0.15) is 6.10 Å². The zero-order valence-electron chi connectivity index (χ0n) is 34.0. The number of rotatable bonds is 14. The van der Waals surface area contributed by atoms with Crippen molar-refractivity contribution in [2.45, 2.75) is 185 Å². The molecule has 4 saturated carbocycles. The normalized spacial score (nSPS) is 46.8. The summed E-state index contributed by atoms with van der Waals surface area (Å²) in [4.78, 5) is 19.7. The molecule has 6 aliphatic rings. The Balaban J connectivity index is 1.31. The minimum absolute atomic E-state index is 0.0219. The second kappa shape index (κ2) is 16.7. The number of unbranched alkanes of at least 4 members (excludes halogenated alkanes) is 3. The van der Waals surface area contributed by atoms with Gasteiger partial charge in [0.05, 0.1) is 60.6 Å². The highest BCUT2D eigenvalue weighted by atomic mass is 16.5. The lowest BCUT2D eigenvalue weighted by atomic mass is 9.40. The van der Waals surface area contributed by atoms with Crippen LogP contribution in [0.5, 0.6) is 0 Å². The molecule has 0 aromatic rings. The van der Waals surface area contributed by atoms with Crippen LogP contribution >= 0.6 is 0 Å². The third-order valence-electron chi connectivity index (χ3n) is 16.4. The molecule has 2 heterocycles. The van der Waals surface area contributed by atoms with Gasteiger partial charge in [-0.15, -0.1) is 0 Å². The quantitative estimate of drug-likeness (QED) is 0.120. The molecular weight excluding hydrogens is 686 g/mol. The van der Waals surface area contributed by atoms with Crippen molar-refractivity contribution < 1.29 is 40.2 Å². The number of fused-ring (bicyclic) bond motifs is 5. The number of carbonyl (C=O) groups excluding carboxylic acids is 1. The summed E-state index contributed by atoms with van der Waals surface area (Å²) < 4.78 is 6.27. The SMILES string of the molecule is CCCCCCC1COC(C(O)C(C)(O)C2CCC3(O)C4C(=NCC(C)O)C(=O)C5CC(O)C(O)CC5(CCCC5CCNC(N)C5)C4CCC23C)C1C. The van der Waals surface area contributed by atoms with Crippen molar-refractivity contribution in [2.24, 2.45) is 63.0 Å². The number of hydrogen-bond donors (Lipinski definition) is 8. The number of aliphatic hydroxyl groups excluding tert-OH is 4. The highest BCUT2D eigenvalue weighted by Gasteiger charge is 2.74. The second-order valence-electron chi connectivity index (χ2n) is 19.6. The van der Waals surface area contributed by atoms with Crippen molar-refractivity contribution >= 4 is 11.5 Å². The summed E-state index contributed by atoms with van der Waals surface area (Å²) in [5.74, 6) is -1.19. The summed E-state index contributed by atoms with van der Waals surface area (Å²) in [5.41, 5.74) is 2.03. The topological polar surface area (TPSA) is 198 Å². The minimum Gasteiger partial charge on any atom is -0.391 e.